The SMILES string of the molecule is O=C(O)c1ccc(C2CCCC2)c[n+]1[O-]. The summed E-state index contributed by atoms with van der Waals surface area (Å²) in [4.78, 5) is 10.6. The molecule has 2 rings (SSSR count). The van der Waals surface area contributed by atoms with Crippen molar-refractivity contribution in [1.82, 2.24) is 0 Å². The summed E-state index contributed by atoms with van der Waals surface area (Å²) in [5.74, 6) is -0.740. The van der Waals surface area contributed by atoms with E-state index in [4.69, 9.17) is 5.11 Å². The molecule has 0 aromatic carbocycles. The number of carboxylic acids is 1. The lowest BCUT2D eigenvalue weighted by Gasteiger charge is -2.09. The first kappa shape index (κ1) is 9.96. The standard InChI is InChI=1S/C11H13NO3/c13-11(14)10-6-5-9(7-12(10)15)8-3-1-2-4-8/h5-8H,1-4H2,(H,13,14). The number of hydrogen-bond donors (Lipinski definition) is 1. The summed E-state index contributed by atoms with van der Waals surface area (Å²) in [5.41, 5.74) is 0.754. The normalized spacial score (nSPS) is 16.8. The van der Waals surface area contributed by atoms with Crippen molar-refractivity contribution in [1.29, 1.82) is 0 Å². The summed E-state index contributed by atoms with van der Waals surface area (Å²) < 4.78 is 0.454. The molecule has 80 valence electrons. The van der Waals surface area contributed by atoms with Crippen molar-refractivity contribution in [2.75, 3.05) is 0 Å². The molecule has 4 heteroatoms. The molecular weight excluding hydrogens is 194 g/mol. The average molecular weight is 207 g/mol. The summed E-state index contributed by atoms with van der Waals surface area (Å²) in [6.07, 6.45) is 6.01. The molecule has 1 aromatic heterocycles. The monoisotopic (exact) mass is 207 g/mol. The Labute approximate surface area is 87.7 Å². The van der Waals surface area contributed by atoms with Gasteiger partial charge in [-0.05, 0) is 24.8 Å². The highest BCUT2D eigenvalue weighted by Crippen LogP contribution is 2.33. The van der Waals surface area contributed by atoms with Crippen LogP contribution in [0.2, 0.25) is 0 Å². The maximum atomic E-state index is 11.4. The molecule has 1 saturated carbocycles. The zero-order valence-corrected chi connectivity index (χ0v) is 8.35. The van der Waals surface area contributed by atoms with Crippen LogP contribution in [0.1, 0.15) is 47.7 Å². The van der Waals surface area contributed by atoms with Crippen LogP contribution in [0, 0.1) is 5.21 Å². The van der Waals surface area contributed by atoms with Gasteiger partial charge in [-0.15, -0.1) is 0 Å². The molecule has 1 aromatic rings. The van der Waals surface area contributed by atoms with Gasteiger partial charge in [-0.3, -0.25) is 0 Å². The minimum absolute atomic E-state index is 0.211. The molecule has 0 bridgehead atoms. The van der Waals surface area contributed by atoms with E-state index < -0.39 is 5.97 Å². The summed E-state index contributed by atoms with van der Waals surface area (Å²) in [5, 5.41) is 20.1. The van der Waals surface area contributed by atoms with Gasteiger partial charge < -0.3 is 10.3 Å². The number of pyridine rings is 1. The Kier molecular flexibility index (Phi) is 2.58. The quantitative estimate of drug-likeness (QED) is 0.592. The van der Waals surface area contributed by atoms with Gasteiger partial charge in [-0.2, -0.15) is 4.73 Å². The van der Waals surface area contributed by atoms with E-state index in [2.05, 4.69) is 0 Å². The van der Waals surface area contributed by atoms with E-state index >= 15 is 0 Å². The molecule has 0 amide bonds. The third-order valence-electron chi connectivity index (χ3n) is 2.98. The van der Waals surface area contributed by atoms with Gasteiger partial charge in [-0.1, -0.05) is 12.8 Å². The Morgan fingerprint density at radius 2 is 2.07 bits per heavy atom. The summed E-state index contributed by atoms with van der Waals surface area (Å²) in [7, 11) is 0. The van der Waals surface area contributed by atoms with Gasteiger partial charge in [0.05, 0.1) is 0 Å². The van der Waals surface area contributed by atoms with Gasteiger partial charge in [0.2, 0.25) is 0 Å². The zero-order valence-electron chi connectivity index (χ0n) is 8.35. The Balaban J connectivity index is 2.28. The van der Waals surface area contributed by atoms with E-state index in [-0.39, 0.29) is 5.69 Å². The molecule has 0 saturated heterocycles. The molecule has 0 unspecified atom stereocenters. The number of carboxylic acid groups (broad SMARTS) is 1. The average Bonchev–Trinajstić information content (AvgIpc) is 2.69. The predicted octanol–water partition coefficient (Wildman–Crippen LogP) is 1.68. The first-order valence-corrected chi connectivity index (χ1v) is 5.15. The Bertz CT molecular complexity index is 383. The van der Waals surface area contributed by atoms with E-state index in [1.54, 1.807) is 6.07 Å². The molecule has 1 heterocycles. The third-order valence-corrected chi connectivity index (χ3v) is 2.98. The molecule has 1 N–H and O–H groups in total. The number of hydrogen-bond acceptors (Lipinski definition) is 2. The van der Waals surface area contributed by atoms with E-state index in [1.807, 2.05) is 0 Å². The van der Waals surface area contributed by atoms with Crippen molar-refractivity contribution >= 4 is 5.97 Å². The van der Waals surface area contributed by atoms with Gasteiger partial charge in [0, 0.05) is 11.6 Å². The van der Waals surface area contributed by atoms with E-state index in [0.29, 0.717) is 10.6 Å². The molecule has 0 spiro atoms. The molecule has 0 atom stereocenters. The van der Waals surface area contributed by atoms with Crippen molar-refractivity contribution in [2.45, 2.75) is 31.6 Å². The molecule has 0 radical (unpaired) electrons. The van der Waals surface area contributed by atoms with Crippen LogP contribution in [0.25, 0.3) is 0 Å². The van der Waals surface area contributed by atoms with Crippen molar-refractivity contribution in [3.63, 3.8) is 0 Å². The molecule has 1 fully saturated rings. The van der Waals surface area contributed by atoms with Crippen molar-refractivity contribution in [3.8, 4) is 0 Å². The largest absolute Gasteiger partial charge is 0.618 e. The summed E-state index contributed by atoms with van der Waals surface area (Å²) >= 11 is 0. The molecule has 0 aliphatic heterocycles. The van der Waals surface area contributed by atoms with E-state index in [1.165, 1.54) is 25.1 Å². The molecule has 1 aliphatic carbocycles. The van der Waals surface area contributed by atoms with Crippen LogP contribution in [0.4, 0.5) is 0 Å². The highest BCUT2D eigenvalue weighted by molar-refractivity contribution is 5.83. The lowest BCUT2D eigenvalue weighted by molar-refractivity contribution is -0.608. The fraction of sp³-hybridized carbons (Fsp3) is 0.455. The number of aromatic carboxylic acids is 1. The Hall–Kier alpha value is -1.58. The second-order valence-electron chi connectivity index (χ2n) is 3.96. The van der Waals surface area contributed by atoms with Crippen molar-refractivity contribution < 1.29 is 14.6 Å². The Morgan fingerprint density at radius 3 is 2.60 bits per heavy atom. The van der Waals surface area contributed by atoms with Gasteiger partial charge in [0.15, 0.2) is 6.20 Å². The van der Waals surface area contributed by atoms with Crippen LogP contribution < -0.4 is 4.73 Å². The van der Waals surface area contributed by atoms with Crippen LogP contribution in [0.15, 0.2) is 18.3 Å². The molecule has 1 aliphatic rings. The lowest BCUT2D eigenvalue weighted by atomic mass is 9.99. The smallest absolute Gasteiger partial charge is 0.402 e. The van der Waals surface area contributed by atoms with Crippen molar-refractivity contribution in [3.05, 3.63) is 34.8 Å². The number of carbonyl (C=O) groups is 1. The van der Waals surface area contributed by atoms with Crippen LogP contribution in [-0.2, 0) is 0 Å². The second-order valence-corrected chi connectivity index (χ2v) is 3.96. The third kappa shape index (κ3) is 1.93. The maximum absolute atomic E-state index is 11.4. The topological polar surface area (TPSA) is 64.2 Å². The fourth-order valence-electron chi connectivity index (χ4n) is 2.16. The lowest BCUT2D eigenvalue weighted by Crippen LogP contribution is -2.34. The predicted molar refractivity (Wildman–Crippen MR) is 53.6 cm³/mol. The number of aromatic nitrogens is 1. The molecular formula is C11H13NO3. The van der Waals surface area contributed by atoms with Gasteiger partial charge in [0.25, 0.3) is 0 Å². The van der Waals surface area contributed by atoms with Gasteiger partial charge >= 0.3 is 11.7 Å². The highest BCUT2D eigenvalue weighted by Gasteiger charge is 2.21. The summed E-state index contributed by atoms with van der Waals surface area (Å²) in [6.45, 7) is 0. The van der Waals surface area contributed by atoms with E-state index in [9.17, 15) is 10.0 Å². The van der Waals surface area contributed by atoms with Crippen LogP contribution in [0.3, 0.4) is 0 Å². The van der Waals surface area contributed by atoms with Crippen LogP contribution >= 0.6 is 0 Å². The number of rotatable bonds is 2. The molecule has 4 nitrogen and oxygen atoms in total. The van der Waals surface area contributed by atoms with Crippen LogP contribution in [0.5, 0.6) is 0 Å². The van der Waals surface area contributed by atoms with Crippen molar-refractivity contribution in [2.24, 2.45) is 0 Å². The second kappa shape index (κ2) is 3.88. The first-order chi connectivity index (χ1) is 7.18. The first-order valence-electron chi connectivity index (χ1n) is 5.15. The van der Waals surface area contributed by atoms with Crippen LogP contribution in [-0.4, -0.2) is 11.1 Å². The van der Waals surface area contributed by atoms with E-state index in [0.717, 1.165) is 18.4 Å². The summed E-state index contributed by atoms with van der Waals surface area (Å²) in [6, 6.07) is 3.15. The highest BCUT2D eigenvalue weighted by atomic mass is 16.5. The minimum atomic E-state index is -1.18. The van der Waals surface area contributed by atoms with Gasteiger partial charge in [0.1, 0.15) is 0 Å². The zero-order chi connectivity index (χ0) is 10.8. The molecule has 15 heavy (non-hydrogen) atoms. The number of nitrogens with zero attached hydrogens (tertiary/aromatic N) is 1. The Morgan fingerprint density at radius 1 is 1.40 bits per heavy atom. The van der Waals surface area contributed by atoms with Gasteiger partial charge in [-0.25, -0.2) is 4.79 Å². The maximum Gasteiger partial charge on any atom is 0.402 e. The fourth-order valence-corrected chi connectivity index (χ4v) is 2.16. The minimum Gasteiger partial charge on any atom is -0.618 e.